The van der Waals surface area contributed by atoms with E-state index >= 15 is 0 Å². The second-order valence-electron chi connectivity index (χ2n) is 8.16. The van der Waals surface area contributed by atoms with Gasteiger partial charge in [0.2, 0.25) is 0 Å². The van der Waals surface area contributed by atoms with Crippen LogP contribution in [0.5, 0.6) is 0 Å². The lowest BCUT2D eigenvalue weighted by molar-refractivity contribution is 0.0697. The van der Waals surface area contributed by atoms with Crippen LogP contribution in [0.2, 0.25) is 0 Å². The van der Waals surface area contributed by atoms with Crippen molar-refractivity contribution in [2.45, 2.75) is 11.8 Å². The first kappa shape index (κ1) is 22.5. The van der Waals surface area contributed by atoms with Crippen molar-refractivity contribution < 1.29 is 22.7 Å². The molecular weight excluding hydrogens is 469 g/mol. The van der Waals surface area contributed by atoms with E-state index in [2.05, 4.69) is 9.71 Å². The number of pyridine rings is 1. The average molecular weight is 490 g/mol. The molecule has 0 saturated heterocycles. The molecule has 0 fully saturated rings. The number of carbonyl (C=O) groups is 1. The van der Waals surface area contributed by atoms with Crippen LogP contribution >= 0.6 is 0 Å². The molecule has 0 aliphatic rings. The molecule has 2 aromatic heterocycles. The Labute approximate surface area is 200 Å². The van der Waals surface area contributed by atoms with Crippen LogP contribution in [0.4, 0.5) is 10.1 Å². The highest BCUT2D eigenvalue weighted by atomic mass is 32.2. The van der Waals surface area contributed by atoms with Crippen molar-refractivity contribution in [3.63, 3.8) is 0 Å². The number of hydrogen-bond donors (Lipinski definition) is 2. The van der Waals surface area contributed by atoms with Gasteiger partial charge in [0, 0.05) is 46.4 Å². The third kappa shape index (κ3) is 3.70. The predicted molar refractivity (Wildman–Crippen MR) is 133 cm³/mol. The summed E-state index contributed by atoms with van der Waals surface area (Å²) in [5, 5.41) is 10.4. The summed E-state index contributed by atoms with van der Waals surface area (Å²) in [7, 11) is -2.19. The Morgan fingerprint density at radius 3 is 2.51 bits per heavy atom. The van der Waals surface area contributed by atoms with Gasteiger partial charge in [-0.2, -0.15) is 0 Å². The quantitative estimate of drug-likeness (QED) is 0.347. The standard InChI is InChI=1S/C26H20FN3O4S/c1-15-25(19-6-3-4-8-23(19)30(15)2)35(33,34)29-22-12-10-17(24-18(22)7-5-13-28-24)20-14-16(26(31)32)9-11-21(20)27/h3-14,29H,1-2H3,(H,31,32). The highest BCUT2D eigenvalue weighted by Crippen LogP contribution is 2.36. The average Bonchev–Trinajstić information content (AvgIpc) is 3.10. The second-order valence-corrected chi connectivity index (χ2v) is 9.78. The molecule has 35 heavy (non-hydrogen) atoms. The Kier molecular flexibility index (Phi) is 5.29. The number of benzene rings is 3. The number of halogens is 1. The molecule has 0 amide bonds. The van der Waals surface area contributed by atoms with E-state index in [0.29, 0.717) is 27.5 Å². The molecule has 0 atom stereocenters. The van der Waals surface area contributed by atoms with Crippen LogP contribution in [0.3, 0.4) is 0 Å². The number of sulfonamides is 1. The number of hydrogen-bond acceptors (Lipinski definition) is 4. The molecule has 5 rings (SSSR count). The molecule has 0 spiro atoms. The van der Waals surface area contributed by atoms with E-state index in [0.717, 1.165) is 11.6 Å². The first-order valence-electron chi connectivity index (χ1n) is 10.7. The summed E-state index contributed by atoms with van der Waals surface area (Å²) in [6, 6.07) is 17.2. The van der Waals surface area contributed by atoms with Gasteiger partial charge in [-0.25, -0.2) is 17.6 Å². The number of para-hydroxylation sites is 1. The number of aryl methyl sites for hydroxylation is 1. The molecule has 2 N–H and O–H groups in total. The Hall–Kier alpha value is -4.24. The number of aromatic carboxylic acids is 1. The van der Waals surface area contributed by atoms with Gasteiger partial charge in [0.05, 0.1) is 16.8 Å². The van der Waals surface area contributed by atoms with E-state index in [1.54, 1.807) is 31.2 Å². The molecule has 176 valence electrons. The van der Waals surface area contributed by atoms with Gasteiger partial charge in [0.1, 0.15) is 10.7 Å². The third-order valence-electron chi connectivity index (χ3n) is 6.13. The molecule has 0 saturated carbocycles. The molecule has 0 radical (unpaired) electrons. The van der Waals surface area contributed by atoms with Crippen molar-refractivity contribution >= 4 is 43.5 Å². The summed E-state index contributed by atoms with van der Waals surface area (Å²) in [6.45, 7) is 1.75. The summed E-state index contributed by atoms with van der Waals surface area (Å²) in [4.78, 5) is 15.9. The molecule has 5 aromatic rings. The van der Waals surface area contributed by atoms with Gasteiger partial charge in [-0.1, -0.05) is 18.2 Å². The number of nitrogens with one attached hydrogen (secondary N) is 1. The van der Waals surface area contributed by atoms with Crippen molar-refractivity contribution in [1.29, 1.82) is 0 Å². The zero-order valence-electron chi connectivity index (χ0n) is 18.8. The first-order chi connectivity index (χ1) is 16.7. The summed E-state index contributed by atoms with van der Waals surface area (Å²) >= 11 is 0. The Morgan fingerprint density at radius 1 is 1.00 bits per heavy atom. The summed E-state index contributed by atoms with van der Waals surface area (Å²) in [5.74, 6) is -1.79. The minimum Gasteiger partial charge on any atom is -0.478 e. The SMILES string of the molecule is Cc1c(S(=O)(=O)Nc2ccc(-c3cc(C(=O)O)ccc3F)c3ncccc23)c2ccccc2n1C. The van der Waals surface area contributed by atoms with Gasteiger partial charge in [-0.3, -0.25) is 9.71 Å². The molecule has 0 unspecified atom stereocenters. The van der Waals surface area contributed by atoms with E-state index in [-0.39, 0.29) is 21.7 Å². The molecule has 2 heterocycles. The maximum Gasteiger partial charge on any atom is 0.335 e. The molecule has 0 bridgehead atoms. The lowest BCUT2D eigenvalue weighted by Gasteiger charge is -2.14. The van der Waals surface area contributed by atoms with Crippen LogP contribution in [0.1, 0.15) is 16.1 Å². The summed E-state index contributed by atoms with van der Waals surface area (Å²) in [5.41, 5.74) is 2.34. The van der Waals surface area contributed by atoms with Crippen molar-refractivity contribution in [3.05, 3.63) is 90.0 Å². The molecule has 0 aliphatic heterocycles. The Balaban J connectivity index is 1.67. The first-order valence-corrected chi connectivity index (χ1v) is 12.1. The molecular formula is C26H20FN3O4S. The fraction of sp³-hybridized carbons (Fsp3) is 0.0769. The van der Waals surface area contributed by atoms with Gasteiger partial charge >= 0.3 is 5.97 Å². The van der Waals surface area contributed by atoms with Crippen LogP contribution in [0.15, 0.2) is 77.8 Å². The maximum absolute atomic E-state index is 14.7. The Bertz CT molecular complexity index is 1760. The number of aromatic nitrogens is 2. The number of nitrogens with zero attached hydrogens (tertiary/aromatic N) is 2. The fourth-order valence-corrected chi connectivity index (χ4v) is 5.92. The monoisotopic (exact) mass is 489 g/mol. The highest BCUT2D eigenvalue weighted by Gasteiger charge is 2.25. The van der Waals surface area contributed by atoms with Crippen molar-refractivity contribution in [2.24, 2.45) is 7.05 Å². The number of anilines is 1. The van der Waals surface area contributed by atoms with Gasteiger partial charge in [-0.05, 0) is 55.5 Å². The van der Waals surface area contributed by atoms with Crippen molar-refractivity contribution in [2.75, 3.05) is 4.72 Å². The van der Waals surface area contributed by atoms with Crippen LogP contribution < -0.4 is 4.72 Å². The van der Waals surface area contributed by atoms with Crippen LogP contribution in [-0.2, 0) is 17.1 Å². The molecule has 9 heteroatoms. The minimum absolute atomic E-state index is 0.0629. The summed E-state index contributed by atoms with van der Waals surface area (Å²) < 4.78 is 46.3. The van der Waals surface area contributed by atoms with Crippen LogP contribution in [-0.4, -0.2) is 29.0 Å². The van der Waals surface area contributed by atoms with Gasteiger partial charge in [0.15, 0.2) is 0 Å². The number of carboxylic acid groups (broad SMARTS) is 1. The topological polar surface area (TPSA) is 101 Å². The largest absolute Gasteiger partial charge is 0.478 e. The summed E-state index contributed by atoms with van der Waals surface area (Å²) in [6.07, 6.45) is 1.51. The van der Waals surface area contributed by atoms with Crippen LogP contribution in [0.25, 0.3) is 32.9 Å². The number of fused-ring (bicyclic) bond motifs is 2. The Morgan fingerprint density at radius 2 is 1.74 bits per heavy atom. The van der Waals surface area contributed by atoms with E-state index in [9.17, 15) is 22.7 Å². The van der Waals surface area contributed by atoms with E-state index in [4.69, 9.17) is 0 Å². The normalized spacial score (nSPS) is 11.7. The lowest BCUT2D eigenvalue weighted by Crippen LogP contribution is -2.14. The van der Waals surface area contributed by atoms with Gasteiger partial charge in [0.25, 0.3) is 10.0 Å². The lowest BCUT2D eigenvalue weighted by atomic mass is 9.98. The predicted octanol–water partition coefficient (Wildman–Crippen LogP) is 5.34. The molecule has 3 aromatic carbocycles. The molecule has 7 nitrogen and oxygen atoms in total. The fourth-order valence-electron chi connectivity index (χ4n) is 4.36. The van der Waals surface area contributed by atoms with Crippen LogP contribution in [0, 0.1) is 12.7 Å². The smallest absolute Gasteiger partial charge is 0.335 e. The number of carboxylic acids is 1. The van der Waals surface area contributed by atoms with Gasteiger partial charge < -0.3 is 9.67 Å². The van der Waals surface area contributed by atoms with E-state index in [1.165, 1.54) is 30.5 Å². The van der Waals surface area contributed by atoms with Crippen molar-refractivity contribution in [3.8, 4) is 11.1 Å². The maximum atomic E-state index is 14.7. The van der Waals surface area contributed by atoms with Crippen molar-refractivity contribution in [1.82, 2.24) is 9.55 Å². The van der Waals surface area contributed by atoms with Gasteiger partial charge in [-0.15, -0.1) is 0 Å². The van der Waals surface area contributed by atoms with E-state index < -0.39 is 21.8 Å². The third-order valence-corrected chi connectivity index (χ3v) is 7.67. The van der Waals surface area contributed by atoms with E-state index in [1.807, 2.05) is 23.7 Å². The highest BCUT2D eigenvalue weighted by molar-refractivity contribution is 7.93. The minimum atomic E-state index is -4.00. The zero-order chi connectivity index (χ0) is 24.9. The molecule has 0 aliphatic carbocycles. The zero-order valence-corrected chi connectivity index (χ0v) is 19.6. The second kappa shape index (κ2) is 8.21. The number of rotatable bonds is 5.